The summed E-state index contributed by atoms with van der Waals surface area (Å²) in [5.74, 6) is -0.571. The van der Waals surface area contributed by atoms with Gasteiger partial charge in [0.25, 0.3) is 11.8 Å². The highest BCUT2D eigenvalue weighted by Crippen LogP contribution is 2.27. The normalized spacial score (nSPS) is 10.4. The zero-order valence-electron chi connectivity index (χ0n) is 13.9. The van der Waals surface area contributed by atoms with Crippen LogP contribution in [-0.4, -0.2) is 28.2 Å². The molecule has 1 aromatic heterocycles. The molecule has 0 aliphatic rings. The van der Waals surface area contributed by atoms with Crippen LogP contribution >= 0.6 is 23.2 Å². The van der Waals surface area contributed by atoms with Crippen molar-refractivity contribution in [3.05, 3.63) is 70.5 Å². The Morgan fingerprint density at radius 3 is 2.48 bits per heavy atom. The molecular formula is C18H14Cl2N4O3. The van der Waals surface area contributed by atoms with Crippen molar-refractivity contribution in [2.45, 2.75) is 0 Å². The maximum atomic E-state index is 12.0. The lowest BCUT2D eigenvalue weighted by Crippen LogP contribution is -2.20. The summed E-state index contributed by atoms with van der Waals surface area (Å²) in [6.07, 6.45) is 1.62. The number of amides is 2. The average molecular weight is 405 g/mol. The van der Waals surface area contributed by atoms with E-state index in [1.165, 1.54) is 16.8 Å². The van der Waals surface area contributed by atoms with E-state index in [0.717, 1.165) is 0 Å². The number of rotatable bonds is 6. The number of halogens is 2. The van der Waals surface area contributed by atoms with Gasteiger partial charge in [-0.1, -0.05) is 23.2 Å². The predicted octanol–water partition coefficient (Wildman–Crippen LogP) is 3.30. The van der Waals surface area contributed by atoms with Gasteiger partial charge < -0.3 is 15.8 Å². The van der Waals surface area contributed by atoms with E-state index in [-0.39, 0.29) is 18.2 Å². The summed E-state index contributed by atoms with van der Waals surface area (Å²) >= 11 is 11.8. The standard InChI is InChI=1S/C18H14Cl2N4O3/c19-11-1-6-16(14(20)9-11)27-10-17(25)22-12-2-4-13(5-3-12)24-8-7-15(23-24)18(21)26/h1-9H,10H2,(H2,21,26)(H,22,25). The molecule has 0 bridgehead atoms. The first kappa shape index (κ1) is 18.8. The summed E-state index contributed by atoms with van der Waals surface area (Å²) in [5, 5.41) is 7.58. The van der Waals surface area contributed by atoms with Gasteiger partial charge in [0.05, 0.1) is 10.7 Å². The number of nitrogens with one attached hydrogen (secondary N) is 1. The molecule has 0 spiro atoms. The molecule has 3 rings (SSSR count). The fraction of sp³-hybridized carbons (Fsp3) is 0.0556. The Hall–Kier alpha value is -3.03. The molecule has 9 heteroatoms. The maximum Gasteiger partial charge on any atom is 0.269 e. The number of hydrogen-bond acceptors (Lipinski definition) is 4. The summed E-state index contributed by atoms with van der Waals surface area (Å²) in [6, 6.07) is 13.2. The van der Waals surface area contributed by atoms with Crippen molar-refractivity contribution in [1.82, 2.24) is 9.78 Å². The maximum absolute atomic E-state index is 12.0. The zero-order valence-corrected chi connectivity index (χ0v) is 15.4. The van der Waals surface area contributed by atoms with Gasteiger partial charge in [-0.25, -0.2) is 4.68 Å². The summed E-state index contributed by atoms with van der Waals surface area (Å²) in [5.41, 5.74) is 6.65. The smallest absolute Gasteiger partial charge is 0.269 e. The van der Waals surface area contributed by atoms with Gasteiger partial charge in [-0.3, -0.25) is 9.59 Å². The van der Waals surface area contributed by atoms with Crippen LogP contribution in [-0.2, 0) is 4.79 Å². The van der Waals surface area contributed by atoms with Gasteiger partial charge in [-0.05, 0) is 48.5 Å². The van der Waals surface area contributed by atoms with Gasteiger partial charge in [0.2, 0.25) is 0 Å². The minimum Gasteiger partial charge on any atom is -0.482 e. The average Bonchev–Trinajstić information content (AvgIpc) is 3.12. The Kier molecular flexibility index (Phi) is 5.63. The second kappa shape index (κ2) is 8.11. The molecule has 7 nitrogen and oxygen atoms in total. The SMILES string of the molecule is NC(=O)c1ccn(-c2ccc(NC(=O)COc3ccc(Cl)cc3Cl)cc2)n1. The first-order valence-corrected chi connectivity index (χ1v) is 8.51. The molecule has 3 aromatic rings. The van der Waals surface area contributed by atoms with Gasteiger partial charge in [0, 0.05) is 16.9 Å². The van der Waals surface area contributed by atoms with Crippen molar-refractivity contribution < 1.29 is 14.3 Å². The number of hydrogen-bond donors (Lipinski definition) is 2. The Morgan fingerprint density at radius 2 is 1.85 bits per heavy atom. The molecule has 0 saturated carbocycles. The molecule has 27 heavy (non-hydrogen) atoms. The summed E-state index contributed by atoms with van der Waals surface area (Å²) in [7, 11) is 0. The van der Waals surface area contributed by atoms with Crippen molar-refractivity contribution in [3.63, 3.8) is 0 Å². The van der Waals surface area contributed by atoms with E-state index < -0.39 is 5.91 Å². The number of ether oxygens (including phenoxy) is 1. The Morgan fingerprint density at radius 1 is 1.11 bits per heavy atom. The molecule has 2 aromatic carbocycles. The summed E-state index contributed by atoms with van der Waals surface area (Å²) < 4.78 is 6.89. The third-order valence-electron chi connectivity index (χ3n) is 3.51. The molecular weight excluding hydrogens is 391 g/mol. The third kappa shape index (κ3) is 4.78. The van der Waals surface area contributed by atoms with E-state index >= 15 is 0 Å². The minimum absolute atomic E-state index is 0.172. The molecule has 0 saturated heterocycles. The van der Waals surface area contributed by atoms with Crippen molar-refractivity contribution in [2.24, 2.45) is 5.73 Å². The van der Waals surface area contributed by atoms with Crippen LogP contribution in [0.25, 0.3) is 5.69 Å². The van der Waals surface area contributed by atoms with Crippen LogP contribution in [0.4, 0.5) is 5.69 Å². The minimum atomic E-state index is -0.599. The molecule has 138 valence electrons. The Balaban J connectivity index is 1.58. The van der Waals surface area contributed by atoms with E-state index in [1.807, 2.05) is 0 Å². The number of aromatic nitrogens is 2. The first-order chi connectivity index (χ1) is 12.9. The molecule has 3 N–H and O–H groups in total. The van der Waals surface area contributed by atoms with Gasteiger partial charge in [-0.15, -0.1) is 0 Å². The summed E-state index contributed by atoms with van der Waals surface area (Å²) in [6.45, 7) is -0.204. The number of primary amides is 1. The fourth-order valence-electron chi connectivity index (χ4n) is 2.23. The van der Waals surface area contributed by atoms with Gasteiger partial charge in [0.1, 0.15) is 11.4 Å². The van der Waals surface area contributed by atoms with E-state index in [1.54, 1.807) is 42.6 Å². The third-order valence-corrected chi connectivity index (χ3v) is 4.04. The van der Waals surface area contributed by atoms with Gasteiger partial charge in [0.15, 0.2) is 6.61 Å². The predicted molar refractivity (Wildman–Crippen MR) is 103 cm³/mol. The molecule has 1 heterocycles. The quantitative estimate of drug-likeness (QED) is 0.658. The second-order valence-corrected chi connectivity index (χ2v) is 6.31. The molecule has 0 aliphatic carbocycles. The lowest BCUT2D eigenvalue weighted by Gasteiger charge is -2.09. The first-order valence-electron chi connectivity index (χ1n) is 7.76. The van der Waals surface area contributed by atoms with Crippen LogP contribution in [0.5, 0.6) is 5.75 Å². The lowest BCUT2D eigenvalue weighted by atomic mass is 10.3. The highest BCUT2D eigenvalue weighted by molar-refractivity contribution is 6.35. The highest BCUT2D eigenvalue weighted by Gasteiger charge is 2.08. The van der Waals surface area contributed by atoms with Crippen molar-refractivity contribution >= 4 is 40.7 Å². The van der Waals surface area contributed by atoms with Crippen LogP contribution in [0.15, 0.2) is 54.7 Å². The molecule has 0 fully saturated rings. The number of anilines is 1. The zero-order chi connectivity index (χ0) is 19.4. The van der Waals surface area contributed by atoms with E-state index in [0.29, 0.717) is 27.2 Å². The number of nitrogens with two attached hydrogens (primary N) is 1. The number of benzene rings is 2. The van der Waals surface area contributed by atoms with Crippen molar-refractivity contribution in [1.29, 1.82) is 0 Å². The molecule has 0 aliphatic heterocycles. The molecule has 2 amide bonds. The van der Waals surface area contributed by atoms with Crippen LogP contribution in [0.2, 0.25) is 10.0 Å². The van der Waals surface area contributed by atoms with Crippen LogP contribution < -0.4 is 15.8 Å². The monoisotopic (exact) mass is 404 g/mol. The molecule has 0 radical (unpaired) electrons. The van der Waals surface area contributed by atoms with Crippen LogP contribution in [0.1, 0.15) is 10.5 Å². The largest absolute Gasteiger partial charge is 0.482 e. The van der Waals surface area contributed by atoms with E-state index in [2.05, 4.69) is 10.4 Å². The topological polar surface area (TPSA) is 99.2 Å². The lowest BCUT2D eigenvalue weighted by molar-refractivity contribution is -0.118. The van der Waals surface area contributed by atoms with Crippen LogP contribution in [0, 0.1) is 0 Å². The highest BCUT2D eigenvalue weighted by atomic mass is 35.5. The van der Waals surface area contributed by atoms with E-state index in [9.17, 15) is 9.59 Å². The Labute approximate surface area is 164 Å². The molecule has 0 atom stereocenters. The number of carbonyl (C=O) groups is 2. The van der Waals surface area contributed by atoms with Gasteiger partial charge >= 0.3 is 0 Å². The van der Waals surface area contributed by atoms with Crippen molar-refractivity contribution in [3.8, 4) is 11.4 Å². The second-order valence-electron chi connectivity index (χ2n) is 5.47. The fourth-order valence-corrected chi connectivity index (χ4v) is 2.69. The van der Waals surface area contributed by atoms with Crippen LogP contribution in [0.3, 0.4) is 0 Å². The van der Waals surface area contributed by atoms with E-state index in [4.69, 9.17) is 33.7 Å². The van der Waals surface area contributed by atoms with Crippen molar-refractivity contribution in [2.75, 3.05) is 11.9 Å². The number of nitrogens with zero attached hydrogens (tertiary/aromatic N) is 2. The van der Waals surface area contributed by atoms with Gasteiger partial charge in [-0.2, -0.15) is 5.10 Å². The molecule has 0 unspecified atom stereocenters. The summed E-state index contributed by atoms with van der Waals surface area (Å²) in [4.78, 5) is 23.1. The Bertz CT molecular complexity index is 987. The number of carbonyl (C=O) groups excluding carboxylic acids is 2.